The van der Waals surface area contributed by atoms with Crippen LogP contribution < -0.4 is 10.1 Å². The summed E-state index contributed by atoms with van der Waals surface area (Å²) < 4.78 is 41.1. The number of hydrogen-bond acceptors (Lipinski definition) is 4. The van der Waals surface area contributed by atoms with Crippen LogP contribution >= 0.6 is 0 Å². The highest BCUT2D eigenvalue weighted by molar-refractivity contribution is 5.48. The van der Waals surface area contributed by atoms with Gasteiger partial charge in [-0.3, -0.25) is 0 Å². The highest BCUT2D eigenvalue weighted by Crippen LogP contribution is 2.24. The van der Waals surface area contributed by atoms with E-state index in [4.69, 9.17) is 4.74 Å². The van der Waals surface area contributed by atoms with E-state index in [1.54, 1.807) is 13.8 Å². The Kier molecular flexibility index (Phi) is 4.75. The van der Waals surface area contributed by atoms with Gasteiger partial charge in [-0.2, -0.15) is 18.2 Å². The molecule has 1 aromatic heterocycles. The Morgan fingerprint density at radius 1 is 1.22 bits per heavy atom. The lowest BCUT2D eigenvalue weighted by Gasteiger charge is -2.13. The molecule has 0 saturated carbocycles. The van der Waals surface area contributed by atoms with Crippen LogP contribution in [0.5, 0.6) is 5.88 Å². The van der Waals surface area contributed by atoms with Crippen LogP contribution in [0.1, 0.15) is 24.7 Å². The number of halogens is 3. The monoisotopic (exact) mass is 263 g/mol. The maximum Gasteiger partial charge on any atom is 0.392 e. The number of nitrogens with one attached hydrogen (secondary N) is 1. The SMILES string of the molecule is CCNc1nc(C)nc(OCCC(F)(F)F)c1C. The van der Waals surface area contributed by atoms with Crippen LogP contribution in [0.3, 0.4) is 0 Å². The van der Waals surface area contributed by atoms with Crippen LogP contribution in [-0.4, -0.2) is 29.3 Å². The van der Waals surface area contributed by atoms with Gasteiger partial charge in [-0.1, -0.05) is 0 Å². The van der Waals surface area contributed by atoms with Gasteiger partial charge in [0.05, 0.1) is 18.6 Å². The van der Waals surface area contributed by atoms with Crippen molar-refractivity contribution >= 4 is 5.82 Å². The molecule has 0 fully saturated rings. The van der Waals surface area contributed by atoms with Crippen LogP contribution in [-0.2, 0) is 0 Å². The van der Waals surface area contributed by atoms with Crippen molar-refractivity contribution < 1.29 is 17.9 Å². The first-order chi connectivity index (χ1) is 8.33. The van der Waals surface area contributed by atoms with Crippen molar-refractivity contribution in [2.45, 2.75) is 33.4 Å². The van der Waals surface area contributed by atoms with Gasteiger partial charge in [0.15, 0.2) is 0 Å². The standard InChI is InChI=1S/C11H16F3N3O/c1-4-15-9-7(2)10(17-8(3)16-9)18-6-5-11(12,13)14/h4-6H2,1-3H3,(H,15,16,17). The highest BCUT2D eigenvalue weighted by atomic mass is 19.4. The van der Waals surface area contributed by atoms with Gasteiger partial charge in [-0.15, -0.1) is 0 Å². The molecule has 4 nitrogen and oxygen atoms in total. The quantitative estimate of drug-likeness (QED) is 0.887. The zero-order valence-corrected chi connectivity index (χ0v) is 10.6. The van der Waals surface area contributed by atoms with Crippen molar-refractivity contribution in [3.8, 4) is 5.88 Å². The molecule has 0 saturated heterocycles. The van der Waals surface area contributed by atoms with Gasteiger partial charge in [0.25, 0.3) is 0 Å². The minimum absolute atomic E-state index is 0.197. The molecule has 1 N–H and O–H groups in total. The third-order valence-electron chi connectivity index (χ3n) is 2.18. The van der Waals surface area contributed by atoms with Crippen LogP contribution in [0.2, 0.25) is 0 Å². The lowest BCUT2D eigenvalue weighted by atomic mass is 10.3. The van der Waals surface area contributed by atoms with Crippen LogP contribution in [0.15, 0.2) is 0 Å². The number of alkyl halides is 3. The molecule has 18 heavy (non-hydrogen) atoms. The lowest BCUT2D eigenvalue weighted by Crippen LogP contribution is -2.14. The summed E-state index contributed by atoms with van der Waals surface area (Å²) in [5, 5.41) is 3.01. The van der Waals surface area contributed by atoms with Gasteiger partial charge < -0.3 is 10.1 Å². The molecular formula is C11H16F3N3O. The first-order valence-electron chi connectivity index (χ1n) is 5.62. The molecule has 102 valence electrons. The van der Waals surface area contributed by atoms with Crippen LogP contribution in [0.4, 0.5) is 19.0 Å². The molecule has 0 aliphatic rings. The Balaban J connectivity index is 2.76. The summed E-state index contributed by atoms with van der Waals surface area (Å²) in [6, 6.07) is 0. The third kappa shape index (κ3) is 4.38. The molecule has 1 heterocycles. The topological polar surface area (TPSA) is 47.0 Å². The summed E-state index contributed by atoms with van der Waals surface area (Å²) in [4.78, 5) is 8.15. The number of rotatable bonds is 5. The number of anilines is 1. The third-order valence-corrected chi connectivity index (χ3v) is 2.18. The largest absolute Gasteiger partial charge is 0.477 e. The van der Waals surface area contributed by atoms with E-state index in [0.29, 0.717) is 23.8 Å². The van der Waals surface area contributed by atoms with Gasteiger partial charge in [-0.05, 0) is 20.8 Å². The van der Waals surface area contributed by atoms with Crippen molar-refractivity contribution in [2.75, 3.05) is 18.5 Å². The maximum absolute atomic E-state index is 12.0. The zero-order valence-electron chi connectivity index (χ0n) is 10.6. The molecule has 1 rings (SSSR count). The zero-order chi connectivity index (χ0) is 13.8. The molecule has 0 radical (unpaired) electrons. The summed E-state index contributed by atoms with van der Waals surface area (Å²) in [6.07, 6.45) is -5.22. The van der Waals surface area contributed by atoms with E-state index < -0.39 is 19.2 Å². The molecule has 0 aliphatic carbocycles. The smallest absolute Gasteiger partial charge is 0.392 e. The van der Waals surface area contributed by atoms with Gasteiger partial charge in [0.2, 0.25) is 5.88 Å². The van der Waals surface area contributed by atoms with Crippen molar-refractivity contribution in [1.29, 1.82) is 0 Å². The van der Waals surface area contributed by atoms with Crippen molar-refractivity contribution in [3.63, 3.8) is 0 Å². The second-order valence-corrected chi connectivity index (χ2v) is 3.79. The van der Waals surface area contributed by atoms with Gasteiger partial charge in [0, 0.05) is 6.54 Å². The van der Waals surface area contributed by atoms with E-state index in [1.165, 1.54) is 0 Å². The molecule has 0 spiro atoms. The van der Waals surface area contributed by atoms with Crippen LogP contribution in [0, 0.1) is 13.8 Å². The minimum atomic E-state index is -4.22. The summed E-state index contributed by atoms with van der Waals surface area (Å²) in [6.45, 7) is 5.50. The Labute approximate surface area is 104 Å². The second kappa shape index (κ2) is 5.88. The average molecular weight is 263 g/mol. The first-order valence-corrected chi connectivity index (χ1v) is 5.62. The molecule has 1 aromatic rings. The lowest BCUT2D eigenvalue weighted by molar-refractivity contribution is -0.139. The predicted molar refractivity (Wildman–Crippen MR) is 61.8 cm³/mol. The average Bonchev–Trinajstić information content (AvgIpc) is 2.23. The fourth-order valence-electron chi connectivity index (χ4n) is 1.35. The number of nitrogens with zero attached hydrogens (tertiary/aromatic N) is 2. The van der Waals surface area contributed by atoms with E-state index >= 15 is 0 Å². The molecule has 0 unspecified atom stereocenters. The van der Waals surface area contributed by atoms with E-state index in [1.807, 2.05) is 6.92 Å². The fourth-order valence-corrected chi connectivity index (χ4v) is 1.35. The summed E-state index contributed by atoms with van der Waals surface area (Å²) >= 11 is 0. The van der Waals surface area contributed by atoms with E-state index in [0.717, 1.165) is 0 Å². The number of aryl methyl sites for hydroxylation is 1. The van der Waals surface area contributed by atoms with Gasteiger partial charge >= 0.3 is 6.18 Å². The van der Waals surface area contributed by atoms with Crippen molar-refractivity contribution in [3.05, 3.63) is 11.4 Å². The predicted octanol–water partition coefficient (Wildman–Crippen LogP) is 2.86. The maximum atomic E-state index is 12.0. The minimum Gasteiger partial charge on any atom is -0.477 e. The Morgan fingerprint density at radius 3 is 2.44 bits per heavy atom. The van der Waals surface area contributed by atoms with Gasteiger partial charge in [0.1, 0.15) is 11.6 Å². The van der Waals surface area contributed by atoms with Crippen molar-refractivity contribution in [2.24, 2.45) is 0 Å². The summed E-state index contributed by atoms with van der Waals surface area (Å²) in [7, 11) is 0. The number of ether oxygens (including phenoxy) is 1. The van der Waals surface area contributed by atoms with Crippen LogP contribution in [0.25, 0.3) is 0 Å². The van der Waals surface area contributed by atoms with Gasteiger partial charge in [-0.25, -0.2) is 4.98 Å². The fraction of sp³-hybridized carbons (Fsp3) is 0.636. The number of hydrogen-bond donors (Lipinski definition) is 1. The first kappa shape index (κ1) is 14.5. The Hall–Kier alpha value is -1.53. The molecule has 0 amide bonds. The molecule has 0 aliphatic heterocycles. The molecule has 0 atom stereocenters. The Morgan fingerprint density at radius 2 is 1.89 bits per heavy atom. The second-order valence-electron chi connectivity index (χ2n) is 3.79. The molecule has 7 heteroatoms. The summed E-state index contributed by atoms with van der Waals surface area (Å²) in [5.74, 6) is 1.24. The van der Waals surface area contributed by atoms with Crippen molar-refractivity contribution in [1.82, 2.24) is 9.97 Å². The molecule has 0 bridgehead atoms. The van der Waals surface area contributed by atoms with E-state index in [2.05, 4.69) is 15.3 Å². The van der Waals surface area contributed by atoms with E-state index in [-0.39, 0.29) is 5.88 Å². The molecule has 0 aromatic carbocycles. The highest BCUT2D eigenvalue weighted by Gasteiger charge is 2.27. The normalized spacial score (nSPS) is 11.4. The summed E-state index contributed by atoms with van der Waals surface area (Å²) in [5.41, 5.74) is 0.615. The van der Waals surface area contributed by atoms with E-state index in [9.17, 15) is 13.2 Å². The Bertz CT molecular complexity index is 407. The molecular weight excluding hydrogens is 247 g/mol. The number of aromatic nitrogens is 2.